The molecule has 0 atom stereocenters. The smallest absolute Gasteiger partial charge is 0.142 e. The average Bonchev–Trinajstić information content (AvgIpc) is 3.62. The quantitative estimate of drug-likeness (QED) is 0.176. The van der Waals surface area contributed by atoms with Crippen LogP contribution < -0.4 is 0 Å². The van der Waals surface area contributed by atoms with E-state index < -0.39 is 0 Å². The summed E-state index contributed by atoms with van der Waals surface area (Å²) in [4.78, 5) is 0. The van der Waals surface area contributed by atoms with Gasteiger partial charge in [-0.1, -0.05) is 134 Å². The number of aromatic nitrogens is 1. The summed E-state index contributed by atoms with van der Waals surface area (Å²) >= 11 is 0. The maximum Gasteiger partial charge on any atom is 0.142 e. The topological polar surface area (TPSA) is 17.6 Å². The maximum absolute atomic E-state index is 7.10. The average molecular weight is 638 g/mol. The number of rotatable bonds is 3. The summed E-state index contributed by atoms with van der Waals surface area (Å²) in [6.07, 6.45) is 19.5. The van der Waals surface area contributed by atoms with Gasteiger partial charge in [-0.05, 0) is 75.9 Å². The highest BCUT2D eigenvalue weighted by atomic mass is 16.3. The molecule has 0 radical (unpaired) electrons. The zero-order valence-electron chi connectivity index (χ0n) is 27.4. The molecule has 0 saturated heterocycles. The van der Waals surface area contributed by atoms with Crippen LogP contribution >= 0.6 is 0 Å². The van der Waals surface area contributed by atoms with Gasteiger partial charge in [-0.2, -0.15) is 0 Å². The first-order valence-electron chi connectivity index (χ1n) is 17.5. The molecule has 50 heavy (non-hydrogen) atoms. The molecule has 0 amide bonds. The Morgan fingerprint density at radius 1 is 0.500 bits per heavy atom. The number of para-hydroxylation sites is 1. The molecule has 2 nitrogen and oxygen atoms in total. The Balaban J connectivity index is 1.30. The van der Waals surface area contributed by atoms with Crippen LogP contribution in [0.1, 0.15) is 29.0 Å². The van der Waals surface area contributed by atoms with Gasteiger partial charge in [0.25, 0.3) is 0 Å². The molecule has 0 spiro atoms. The van der Waals surface area contributed by atoms with Crippen molar-refractivity contribution in [3.05, 3.63) is 168 Å². The Morgan fingerprint density at radius 2 is 1.16 bits per heavy atom. The van der Waals surface area contributed by atoms with Crippen LogP contribution in [0.4, 0.5) is 0 Å². The third-order valence-electron chi connectivity index (χ3n) is 10.8. The van der Waals surface area contributed by atoms with Crippen molar-refractivity contribution in [2.75, 3.05) is 0 Å². The second-order valence-electron chi connectivity index (χ2n) is 13.5. The fourth-order valence-corrected chi connectivity index (χ4v) is 8.73. The maximum atomic E-state index is 7.10. The van der Waals surface area contributed by atoms with Crippen LogP contribution in [-0.2, 0) is 6.42 Å². The van der Waals surface area contributed by atoms with E-state index >= 15 is 0 Å². The molecular weight excluding hydrogens is 607 g/mol. The van der Waals surface area contributed by atoms with Crippen molar-refractivity contribution in [2.24, 2.45) is 0 Å². The number of nitrogens with zero attached hydrogens (tertiary/aromatic N) is 1. The van der Waals surface area contributed by atoms with Gasteiger partial charge in [0, 0.05) is 44.0 Å². The number of hydrogen-bond donors (Lipinski definition) is 0. The van der Waals surface area contributed by atoms with Crippen molar-refractivity contribution in [2.45, 2.75) is 12.8 Å². The van der Waals surface area contributed by atoms with Crippen molar-refractivity contribution in [3.63, 3.8) is 0 Å². The predicted octanol–water partition coefficient (Wildman–Crippen LogP) is 13.1. The van der Waals surface area contributed by atoms with Gasteiger partial charge in [-0.15, -0.1) is 0 Å². The molecule has 234 valence electrons. The second kappa shape index (κ2) is 10.6. The molecule has 0 unspecified atom stereocenters. The second-order valence-corrected chi connectivity index (χ2v) is 13.5. The molecular formula is C48H31NO. The minimum absolute atomic E-state index is 0.793. The van der Waals surface area contributed by atoms with Gasteiger partial charge < -0.3 is 8.82 Å². The molecule has 0 aliphatic heterocycles. The van der Waals surface area contributed by atoms with E-state index in [1.54, 1.807) is 0 Å². The van der Waals surface area contributed by atoms with E-state index in [-0.39, 0.29) is 0 Å². The molecule has 2 aliphatic rings. The molecule has 11 rings (SSSR count). The summed E-state index contributed by atoms with van der Waals surface area (Å²) < 4.78 is 9.56. The lowest BCUT2D eigenvalue weighted by molar-refractivity contribution is 0.569. The van der Waals surface area contributed by atoms with Crippen LogP contribution in [0.2, 0.25) is 0 Å². The first-order valence-corrected chi connectivity index (χ1v) is 17.5. The first kappa shape index (κ1) is 27.6. The minimum Gasteiger partial charge on any atom is -0.456 e. The summed E-state index contributed by atoms with van der Waals surface area (Å²) in [5.74, 6) is 1.85. The Bertz CT molecular complexity index is 2900. The van der Waals surface area contributed by atoms with Crippen LogP contribution in [0.3, 0.4) is 0 Å². The van der Waals surface area contributed by atoms with Crippen molar-refractivity contribution < 1.29 is 4.42 Å². The lowest BCUT2D eigenvalue weighted by atomic mass is 9.83. The number of hydrogen-bond acceptors (Lipinski definition) is 1. The van der Waals surface area contributed by atoms with Gasteiger partial charge in [0.05, 0.1) is 16.7 Å². The highest BCUT2D eigenvalue weighted by Crippen LogP contribution is 2.51. The summed E-state index contributed by atoms with van der Waals surface area (Å²) in [5, 5.41) is 8.73. The molecule has 9 aromatic rings. The molecule has 0 saturated carbocycles. The van der Waals surface area contributed by atoms with Crippen molar-refractivity contribution in [3.8, 4) is 33.6 Å². The van der Waals surface area contributed by atoms with E-state index in [9.17, 15) is 0 Å². The van der Waals surface area contributed by atoms with Gasteiger partial charge in [0.2, 0.25) is 0 Å². The summed E-state index contributed by atoms with van der Waals surface area (Å²) in [6, 6.07) is 42.3. The van der Waals surface area contributed by atoms with Crippen molar-refractivity contribution in [1.29, 1.82) is 0 Å². The fourth-order valence-electron chi connectivity index (χ4n) is 8.73. The Hall–Kier alpha value is -6.38. The lowest BCUT2D eigenvalue weighted by Crippen LogP contribution is -1.94. The van der Waals surface area contributed by atoms with Crippen LogP contribution in [-0.4, -0.2) is 4.40 Å². The van der Waals surface area contributed by atoms with Crippen LogP contribution in [0.5, 0.6) is 0 Å². The van der Waals surface area contributed by atoms with Crippen molar-refractivity contribution >= 4 is 67.0 Å². The molecule has 0 bridgehead atoms. The Labute approximate surface area is 289 Å². The van der Waals surface area contributed by atoms with E-state index in [0.717, 1.165) is 29.9 Å². The van der Waals surface area contributed by atoms with Crippen LogP contribution in [0.15, 0.2) is 150 Å². The highest BCUT2D eigenvalue weighted by Gasteiger charge is 2.28. The molecule has 6 aromatic carbocycles. The molecule has 0 fully saturated rings. The molecule has 2 aliphatic carbocycles. The molecule has 0 N–H and O–H groups in total. The lowest BCUT2D eigenvalue weighted by Gasteiger charge is -2.18. The summed E-state index contributed by atoms with van der Waals surface area (Å²) in [5.41, 5.74) is 12.3. The standard InChI is InChI=1S/C48H31NO/c1-4-16-30(17-5-1)44-34-20-10-12-22-36(34)45(37-23-13-11-21-35(37)44)46-38-24-7-3-9-27-43(38)50-48(46)31-28-39-32-18-6-2-8-25-41(32)49-42-26-15-14-19-33(42)40(29-31)47(39)49/h1,3-23,25-29H,2,24H2. The Morgan fingerprint density at radius 3 is 1.94 bits per heavy atom. The van der Waals surface area contributed by atoms with Gasteiger partial charge in [-0.25, -0.2) is 0 Å². The first-order chi connectivity index (χ1) is 24.8. The summed E-state index contributed by atoms with van der Waals surface area (Å²) in [7, 11) is 0. The monoisotopic (exact) mass is 637 g/mol. The van der Waals surface area contributed by atoms with Crippen LogP contribution in [0.25, 0.3) is 101 Å². The van der Waals surface area contributed by atoms with Gasteiger partial charge in [-0.3, -0.25) is 0 Å². The molecule has 2 heteroatoms. The number of fused-ring (bicyclic) bond motifs is 9. The SMILES string of the molecule is C1=CCc2c(oc(-c3cc4c5c(n6c7ccccc7c(c3)c46)C=CCC=C5)c2-c2c3ccccc3c(-c3ccccc3)c3ccccc23)C=C1. The number of allylic oxidation sites excluding steroid dienone is 5. The van der Waals surface area contributed by atoms with Crippen LogP contribution in [0, 0.1) is 0 Å². The van der Waals surface area contributed by atoms with E-state index in [2.05, 4.69) is 168 Å². The third-order valence-corrected chi connectivity index (χ3v) is 10.8. The van der Waals surface area contributed by atoms with Gasteiger partial charge in [0.1, 0.15) is 11.5 Å². The van der Waals surface area contributed by atoms with Gasteiger partial charge in [0.15, 0.2) is 0 Å². The van der Waals surface area contributed by atoms with E-state index in [0.29, 0.717) is 0 Å². The largest absolute Gasteiger partial charge is 0.456 e. The number of benzene rings is 6. The molecule has 3 heterocycles. The zero-order valence-corrected chi connectivity index (χ0v) is 27.4. The summed E-state index contributed by atoms with van der Waals surface area (Å²) in [6.45, 7) is 0. The Kier molecular flexibility index (Phi) is 5.82. The predicted molar refractivity (Wildman–Crippen MR) is 212 cm³/mol. The van der Waals surface area contributed by atoms with E-state index in [4.69, 9.17) is 4.42 Å². The fraction of sp³-hybridized carbons (Fsp3) is 0.0417. The third kappa shape index (κ3) is 3.79. The minimum atomic E-state index is 0.793. The van der Waals surface area contributed by atoms with E-state index in [1.165, 1.54) is 87.8 Å². The normalized spacial score (nSPS) is 13.9. The zero-order chi connectivity index (χ0) is 32.8. The highest BCUT2D eigenvalue weighted by molar-refractivity contribution is 6.24. The van der Waals surface area contributed by atoms with Gasteiger partial charge >= 0.3 is 0 Å². The van der Waals surface area contributed by atoms with E-state index in [1.807, 2.05) is 0 Å². The number of furan rings is 1. The molecule has 3 aromatic heterocycles. The van der Waals surface area contributed by atoms with Crippen molar-refractivity contribution in [1.82, 2.24) is 4.40 Å².